The first-order chi connectivity index (χ1) is 11.9. The summed E-state index contributed by atoms with van der Waals surface area (Å²) >= 11 is 1.96. The van der Waals surface area contributed by atoms with Crippen molar-refractivity contribution in [3.05, 3.63) is 72.4 Å². The first kappa shape index (κ1) is 15.6. The number of rotatable bonds is 5. The lowest BCUT2D eigenvalue weighted by molar-refractivity contribution is 0.525. The van der Waals surface area contributed by atoms with Crippen LogP contribution in [-0.4, -0.2) is 23.3 Å². The molecule has 1 unspecified atom stereocenters. The van der Waals surface area contributed by atoms with Crippen molar-refractivity contribution in [3.63, 3.8) is 0 Å². The molecule has 0 bridgehead atoms. The second-order valence-electron chi connectivity index (χ2n) is 6.24. The van der Waals surface area contributed by atoms with Crippen LogP contribution >= 0.6 is 11.8 Å². The second kappa shape index (κ2) is 7.29. The average Bonchev–Trinajstić information content (AvgIpc) is 3.06. The molecular formula is C21H22N2S. The highest BCUT2D eigenvalue weighted by molar-refractivity contribution is 7.99. The zero-order valence-electron chi connectivity index (χ0n) is 13.7. The van der Waals surface area contributed by atoms with Crippen molar-refractivity contribution < 1.29 is 0 Å². The smallest absolute Gasteiger partial charge is 0.0465 e. The maximum Gasteiger partial charge on any atom is 0.0465 e. The van der Waals surface area contributed by atoms with Crippen molar-refractivity contribution in [2.75, 3.05) is 12.3 Å². The van der Waals surface area contributed by atoms with Gasteiger partial charge in [-0.15, -0.1) is 11.8 Å². The fraction of sp³-hybridized carbons (Fsp3) is 0.238. The van der Waals surface area contributed by atoms with Crippen LogP contribution < -0.4 is 5.32 Å². The third-order valence-electron chi connectivity index (χ3n) is 4.64. The lowest BCUT2D eigenvalue weighted by Gasteiger charge is -2.24. The molecule has 24 heavy (non-hydrogen) atoms. The summed E-state index contributed by atoms with van der Waals surface area (Å²) in [5.74, 6) is 1.14. The Morgan fingerprint density at radius 2 is 1.83 bits per heavy atom. The molecule has 0 saturated carbocycles. The van der Waals surface area contributed by atoms with E-state index in [1.165, 1.54) is 33.4 Å². The SMILES string of the molecule is C1=C(c2ccccc2)CC(CCSc2c[nH]c3ccccc23)NC1. The number of H-pyrrole nitrogens is 1. The van der Waals surface area contributed by atoms with Crippen LogP contribution in [0.2, 0.25) is 0 Å². The summed E-state index contributed by atoms with van der Waals surface area (Å²) in [6.45, 7) is 0.979. The lowest BCUT2D eigenvalue weighted by atomic mass is 9.94. The standard InChI is InChI=1S/C21H22N2S/c1-2-6-16(7-3-1)17-10-12-22-18(14-17)11-13-24-21-15-23-20-9-5-4-8-19(20)21/h1-10,15,18,22-23H,11-14H2. The number of hydrogen-bond donors (Lipinski definition) is 2. The van der Waals surface area contributed by atoms with E-state index in [0.29, 0.717) is 6.04 Å². The number of aromatic amines is 1. The number of aromatic nitrogens is 1. The van der Waals surface area contributed by atoms with Crippen LogP contribution in [0.5, 0.6) is 0 Å². The van der Waals surface area contributed by atoms with E-state index in [1.54, 1.807) is 0 Å². The van der Waals surface area contributed by atoms with E-state index in [-0.39, 0.29) is 0 Å². The van der Waals surface area contributed by atoms with Gasteiger partial charge < -0.3 is 10.3 Å². The van der Waals surface area contributed by atoms with Gasteiger partial charge in [-0.2, -0.15) is 0 Å². The minimum Gasteiger partial charge on any atom is -0.360 e. The Kier molecular flexibility index (Phi) is 4.72. The summed E-state index contributed by atoms with van der Waals surface area (Å²) in [4.78, 5) is 4.72. The van der Waals surface area contributed by atoms with Crippen molar-refractivity contribution in [2.45, 2.75) is 23.8 Å². The normalized spacial score (nSPS) is 17.8. The summed E-state index contributed by atoms with van der Waals surface area (Å²) in [5.41, 5.74) is 4.08. The first-order valence-electron chi connectivity index (χ1n) is 8.57. The zero-order valence-corrected chi connectivity index (χ0v) is 14.5. The molecule has 3 heteroatoms. The molecule has 2 N–H and O–H groups in total. The van der Waals surface area contributed by atoms with Crippen LogP contribution in [0.25, 0.3) is 16.5 Å². The first-order valence-corrected chi connectivity index (χ1v) is 9.55. The van der Waals surface area contributed by atoms with Crippen molar-refractivity contribution in [1.29, 1.82) is 0 Å². The topological polar surface area (TPSA) is 27.8 Å². The molecule has 0 radical (unpaired) electrons. The van der Waals surface area contributed by atoms with E-state index in [2.05, 4.69) is 77.2 Å². The molecule has 3 aromatic rings. The highest BCUT2D eigenvalue weighted by atomic mass is 32.2. The van der Waals surface area contributed by atoms with Gasteiger partial charge in [0, 0.05) is 34.6 Å². The molecule has 0 aliphatic carbocycles. The quantitative estimate of drug-likeness (QED) is 0.636. The van der Waals surface area contributed by atoms with Crippen molar-refractivity contribution in [1.82, 2.24) is 10.3 Å². The highest BCUT2D eigenvalue weighted by Crippen LogP contribution is 2.30. The van der Waals surface area contributed by atoms with Crippen LogP contribution in [0.15, 0.2) is 71.8 Å². The van der Waals surface area contributed by atoms with Gasteiger partial charge in [0.15, 0.2) is 0 Å². The number of para-hydroxylation sites is 1. The molecule has 2 nitrogen and oxygen atoms in total. The van der Waals surface area contributed by atoms with Crippen LogP contribution in [0.1, 0.15) is 18.4 Å². The van der Waals surface area contributed by atoms with Crippen molar-refractivity contribution >= 4 is 28.2 Å². The van der Waals surface area contributed by atoms with E-state index < -0.39 is 0 Å². The maximum absolute atomic E-state index is 3.64. The van der Waals surface area contributed by atoms with Crippen LogP contribution in [0.3, 0.4) is 0 Å². The molecule has 0 fully saturated rings. The minimum absolute atomic E-state index is 0.572. The zero-order chi connectivity index (χ0) is 16.2. The van der Waals surface area contributed by atoms with E-state index in [9.17, 15) is 0 Å². The van der Waals surface area contributed by atoms with Gasteiger partial charge >= 0.3 is 0 Å². The number of nitrogens with one attached hydrogen (secondary N) is 2. The Labute approximate surface area is 147 Å². The van der Waals surface area contributed by atoms with Gasteiger partial charge in [0.1, 0.15) is 0 Å². The lowest BCUT2D eigenvalue weighted by Crippen LogP contribution is -2.33. The van der Waals surface area contributed by atoms with Gasteiger partial charge in [-0.1, -0.05) is 54.6 Å². The fourth-order valence-electron chi connectivity index (χ4n) is 3.34. The van der Waals surface area contributed by atoms with E-state index in [0.717, 1.165) is 18.7 Å². The minimum atomic E-state index is 0.572. The highest BCUT2D eigenvalue weighted by Gasteiger charge is 2.16. The number of fused-ring (bicyclic) bond motifs is 1. The van der Waals surface area contributed by atoms with Gasteiger partial charge in [-0.3, -0.25) is 0 Å². The van der Waals surface area contributed by atoms with E-state index in [4.69, 9.17) is 0 Å². The summed E-state index contributed by atoms with van der Waals surface area (Å²) in [5, 5.41) is 4.98. The molecular weight excluding hydrogens is 312 g/mol. The molecule has 0 spiro atoms. The van der Waals surface area contributed by atoms with Gasteiger partial charge in [-0.25, -0.2) is 0 Å². The Hall–Kier alpha value is -1.97. The molecule has 4 rings (SSSR count). The summed E-state index contributed by atoms with van der Waals surface area (Å²) in [6, 6.07) is 19.9. The molecule has 1 aromatic heterocycles. The Bertz CT molecular complexity index is 835. The Morgan fingerprint density at radius 3 is 2.75 bits per heavy atom. The predicted molar refractivity (Wildman–Crippen MR) is 104 cm³/mol. The number of hydrogen-bond acceptors (Lipinski definition) is 2. The largest absolute Gasteiger partial charge is 0.360 e. The third-order valence-corrected chi connectivity index (χ3v) is 5.73. The van der Waals surface area contributed by atoms with Crippen LogP contribution in [0.4, 0.5) is 0 Å². The molecule has 2 aromatic carbocycles. The summed E-state index contributed by atoms with van der Waals surface area (Å²) < 4.78 is 0. The van der Waals surface area contributed by atoms with Gasteiger partial charge in [0.25, 0.3) is 0 Å². The Balaban J connectivity index is 1.34. The van der Waals surface area contributed by atoms with Gasteiger partial charge in [0.2, 0.25) is 0 Å². The molecule has 122 valence electrons. The average molecular weight is 334 g/mol. The maximum atomic E-state index is 3.64. The predicted octanol–water partition coefficient (Wildman–Crippen LogP) is 5.10. The third kappa shape index (κ3) is 3.42. The molecule has 1 aliphatic rings. The van der Waals surface area contributed by atoms with Gasteiger partial charge in [-0.05, 0) is 35.8 Å². The second-order valence-corrected chi connectivity index (χ2v) is 7.38. The molecule has 2 heterocycles. The molecule has 0 amide bonds. The number of benzene rings is 2. The van der Waals surface area contributed by atoms with Gasteiger partial charge in [0.05, 0.1) is 0 Å². The molecule has 0 saturated heterocycles. The summed E-state index contributed by atoms with van der Waals surface area (Å²) in [7, 11) is 0. The monoisotopic (exact) mass is 334 g/mol. The molecule has 1 aliphatic heterocycles. The van der Waals surface area contributed by atoms with E-state index in [1.807, 2.05) is 11.8 Å². The van der Waals surface area contributed by atoms with Crippen LogP contribution in [-0.2, 0) is 0 Å². The summed E-state index contributed by atoms with van der Waals surface area (Å²) in [6.07, 6.45) is 6.78. The molecule has 1 atom stereocenters. The van der Waals surface area contributed by atoms with E-state index >= 15 is 0 Å². The fourth-order valence-corrected chi connectivity index (χ4v) is 4.44. The Morgan fingerprint density at radius 1 is 1.00 bits per heavy atom. The number of thioether (sulfide) groups is 1. The van der Waals surface area contributed by atoms with Crippen molar-refractivity contribution in [3.8, 4) is 0 Å². The van der Waals surface area contributed by atoms with Crippen LogP contribution in [0, 0.1) is 0 Å². The van der Waals surface area contributed by atoms with Crippen molar-refractivity contribution in [2.24, 2.45) is 0 Å².